The van der Waals surface area contributed by atoms with E-state index in [1.165, 1.54) is 0 Å². The third kappa shape index (κ3) is 5.17. The van der Waals surface area contributed by atoms with Crippen molar-refractivity contribution in [3.63, 3.8) is 0 Å². The Bertz CT molecular complexity index is 450. The van der Waals surface area contributed by atoms with Gasteiger partial charge in [0.15, 0.2) is 0 Å². The maximum absolute atomic E-state index is 6.29. The molecule has 0 saturated carbocycles. The van der Waals surface area contributed by atoms with E-state index in [9.17, 15) is 0 Å². The Hall–Kier alpha value is -0.770. The van der Waals surface area contributed by atoms with Gasteiger partial charge in [-0.25, -0.2) is 0 Å². The Morgan fingerprint density at radius 2 is 2.19 bits per heavy atom. The molecule has 0 radical (unpaired) electrons. The molecule has 1 fully saturated rings. The van der Waals surface area contributed by atoms with Crippen LogP contribution in [0, 0.1) is 5.92 Å². The minimum Gasteiger partial charge on any atom is -0.489 e. The molecule has 2 atom stereocenters. The number of rotatable bonds is 7. The van der Waals surface area contributed by atoms with Crippen LogP contribution in [0.3, 0.4) is 0 Å². The van der Waals surface area contributed by atoms with Crippen molar-refractivity contribution in [2.75, 3.05) is 13.2 Å². The summed E-state index contributed by atoms with van der Waals surface area (Å²) in [6, 6.07) is 5.91. The summed E-state index contributed by atoms with van der Waals surface area (Å²) in [5, 5.41) is 4.11. The summed E-state index contributed by atoms with van der Waals surface area (Å²) in [4.78, 5) is 0. The van der Waals surface area contributed by atoms with Crippen molar-refractivity contribution in [3.05, 3.63) is 28.8 Å². The first-order chi connectivity index (χ1) is 10.1. The van der Waals surface area contributed by atoms with Crippen LogP contribution in [0.15, 0.2) is 18.2 Å². The number of nitrogens with one attached hydrogen (secondary N) is 1. The van der Waals surface area contributed by atoms with Crippen LogP contribution >= 0.6 is 11.6 Å². The number of halogens is 1. The second-order valence-electron chi connectivity index (χ2n) is 6.21. The number of para-hydroxylation sites is 1. The fourth-order valence-corrected chi connectivity index (χ4v) is 2.78. The van der Waals surface area contributed by atoms with Crippen molar-refractivity contribution in [2.24, 2.45) is 5.92 Å². The van der Waals surface area contributed by atoms with Gasteiger partial charge < -0.3 is 14.8 Å². The number of hydrogen-bond acceptors (Lipinski definition) is 3. The van der Waals surface area contributed by atoms with Gasteiger partial charge in [0.2, 0.25) is 0 Å². The summed E-state index contributed by atoms with van der Waals surface area (Å²) in [5.41, 5.74) is 1.11. The molecule has 0 spiro atoms. The third-order valence-electron chi connectivity index (χ3n) is 3.65. The normalized spacial score (nSPS) is 22.0. The standard InChI is InChI=1S/C17H26ClNO2/c1-12(2)9-19-10-14-5-4-6-16(18)17(14)20-11-15-8-7-13(3)21-15/h4-6,12-13,15,19H,7-11H2,1-3H3. The van der Waals surface area contributed by atoms with Gasteiger partial charge in [-0.1, -0.05) is 37.6 Å². The molecule has 21 heavy (non-hydrogen) atoms. The van der Waals surface area contributed by atoms with E-state index in [4.69, 9.17) is 21.1 Å². The lowest BCUT2D eigenvalue weighted by atomic mass is 10.1. The van der Waals surface area contributed by atoms with Crippen molar-refractivity contribution in [2.45, 2.75) is 52.4 Å². The van der Waals surface area contributed by atoms with E-state index in [1.54, 1.807) is 0 Å². The van der Waals surface area contributed by atoms with E-state index in [0.717, 1.165) is 37.2 Å². The molecule has 0 amide bonds. The highest BCUT2D eigenvalue weighted by Crippen LogP contribution is 2.30. The summed E-state index contributed by atoms with van der Waals surface area (Å²) >= 11 is 6.29. The highest BCUT2D eigenvalue weighted by atomic mass is 35.5. The zero-order valence-corrected chi connectivity index (χ0v) is 14.0. The van der Waals surface area contributed by atoms with Crippen LogP contribution in [0.25, 0.3) is 0 Å². The van der Waals surface area contributed by atoms with Crippen molar-refractivity contribution >= 4 is 11.6 Å². The smallest absolute Gasteiger partial charge is 0.142 e. The zero-order chi connectivity index (χ0) is 15.2. The van der Waals surface area contributed by atoms with Crippen LogP contribution in [-0.2, 0) is 11.3 Å². The summed E-state index contributed by atoms with van der Waals surface area (Å²) in [6.07, 6.45) is 2.70. The topological polar surface area (TPSA) is 30.5 Å². The number of ether oxygens (including phenoxy) is 2. The molecule has 2 rings (SSSR count). The molecule has 1 saturated heterocycles. The molecular formula is C17H26ClNO2. The monoisotopic (exact) mass is 311 g/mol. The average Bonchev–Trinajstić information content (AvgIpc) is 2.83. The number of hydrogen-bond donors (Lipinski definition) is 1. The van der Waals surface area contributed by atoms with Gasteiger partial charge in [0.1, 0.15) is 12.4 Å². The summed E-state index contributed by atoms with van der Waals surface area (Å²) < 4.78 is 11.8. The molecule has 1 aliphatic rings. The Balaban J connectivity index is 1.93. The quantitative estimate of drug-likeness (QED) is 0.824. The molecule has 1 aliphatic heterocycles. The van der Waals surface area contributed by atoms with Crippen LogP contribution in [-0.4, -0.2) is 25.4 Å². The van der Waals surface area contributed by atoms with Gasteiger partial charge in [-0.15, -0.1) is 0 Å². The largest absolute Gasteiger partial charge is 0.489 e. The molecule has 3 nitrogen and oxygen atoms in total. The molecule has 4 heteroatoms. The molecule has 1 aromatic rings. The van der Waals surface area contributed by atoms with Crippen LogP contribution in [0.4, 0.5) is 0 Å². The molecule has 0 bridgehead atoms. The Kier molecular flexibility index (Phi) is 6.34. The fourth-order valence-electron chi connectivity index (χ4n) is 2.53. The first kappa shape index (κ1) is 16.6. The molecule has 2 unspecified atom stereocenters. The average molecular weight is 312 g/mol. The van der Waals surface area contributed by atoms with Crippen molar-refractivity contribution < 1.29 is 9.47 Å². The summed E-state index contributed by atoms with van der Waals surface area (Å²) in [5.74, 6) is 1.42. The predicted octanol–water partition coefficient (Wildman–Crippen LogP) is 4.03. The van der Waals surface area contributed by atoms with E-state index < -0.39 is 0 Å². The molecule has 0 aliphatic carbocycles. The van der Waals surface area contributed by atoms with Gasteiger partial charge in [0, 0.05) is 12.1 Å². The lowest BCUT2D eigenvalue weighted by Crippen LogP contribution is -2.21. The maximum atomic E-state index is 6.29. The van der Waals surface area contributed by atoms with Gasteiger partial charge in [-0.3, -0.25) is 0 Å². The molecule has 1 heterocycles. The van der Waals surface area contributed by atoms with Crippen molar-refractivity contribution in [1.29, 1.82) is 0 Å². The predicted molar refractivity (Wildman–Crippen MR) is 87.1 cm³/mol. The molecule has 0 aromatic heterocycles. The highest BCUT2D eigenvalue weighted by Gasteiger charge is 2.23. The van der Waals surface area contributed by atoms with Gasteiger partial charge in [-0.05, 0) is 38.3 Å². The van der Waals surface area contributed by atoms with Gasteiger partial charge in [-0.2, -0.15) is 0 Å². The minimum atomic E-state index is 0.188. The van der Waals surface area contributed by atoms with Crippen molar-refractivity contribution in [1.82, 2.24) is 5.32 Å². The van der Waals surface area contributed by atoms with E-state index in [1.807, 2.05) is 12.1 Å². The fraction of sp³-hybridized carbons (Fsp3) is 0.647. The Morgan fingerprint density at radius 1 is 1.38 bits per heavy atom. The first-order valence-corrected chi connectivity index (χ1v) is 8.20. The molecule has 118 valence electrons. The highest BCUT2D eigenvalue weighted by molar-refractivity contribution is 6.32. The van der Waals surface area contributed by atoms with Crippen LogP contribution < -0.4 is 10.1 Å². The summed E-state index contributed by atoms with van der Waals surface area (Å²) in [7, 11) is 0. The first-order valence-electron chi connectivity index (χ1n) is 7.82. The van der Waals surface area contributed by atoms with E-state index in [-0.39, 0.29) is 6.10 Å². The number of benzene rings is 1. The van der Waals surface area contributed by atoms with Gasteiger partial charge in [0.25, 0.3) is 0 Å². The third-order valence-corrected chi connectivity index (χ3v) is 3.95. The minimum absolute atomic E-state index is 0.188. The summed E-state index contributed by atoms with van der Waals surface area (Å²) in [6.45, 7) is 8.83. The van der Waals surface area contributed by atoms with Gasteiger partial charge >= 0.3 is 0 Å². The lowest BCUT2D eigenvalue weighted by molar-refractivity contribution is 0.0262. The zero-order valence-electron chi connectivity index (χ0n) is 13.2. The second-order valence-corrected chi connectivity index (χ2v) is 6.62. The van der Waals surface area contributed by atoms with Crippen LogP contribution in [0.5, 0.6) is 5.75 Å². The molecule has 1 N–H and O–H groups in total. The second kappa shape index (κ2) is 8.02. The van der Waals surface area contributed by atoms with E-state index in [0.29, 0.717) is 23.7 Å². The van der Waals surface area contributed by atoms with Crippen molar-refractivity contribution in [3.8, 4) is 5.75 Å². The van der Waals surface area contributed by atoms with Crippen LogP contribution in [0.1, 0.15) is 39.2 Å². The Labute approximate surface area is 133 Å². The molecule has 1 aromatic carbocycles. The SMILES string of the molecule is CC(C)CNCc1cccc(Cl)c1OCC1CCC(C)O1. The van der Waals surface area contributed by atoms with E-state index >= 15 is 0 Å². The van der Waals surface area contributed by atoms with E-state index in [2.05, 4.69) is 32.2 Å². The van der Waals surface area contributed by atoms with Crippen LogP contribution in [0.2, 0.25) is 5.02 Å². The molecular weight excluding hydrogens is 286 g/mol. The van der Waals surface area contributed by atoms with Gasteiger partial charge in [0.05, 0.1) is 17.2 Å². The maximum Gasteiger partial charge on any atom is 0.142 e. The Morgan fingerprint density at radius 3 is 2.86 bits per heavy atom. The lowest BCUT2D eigenvalue weighted by Gasteiger charge is -2.17.